The second-order valence-electron chi connectivity index (χ2n) is 4.13. The van der Waals surface area contributed by atoms with E-state index >= 15 is 0 Å². The van der Waals surface area contributed by atoms with Gasteiger partial charge in [0.2, 0.25) is 10.0 Å². The fourth-order valence-corrected chi connectivity index (χ4v) is 2.86. The molecular formula is C11H14F3N3O3S. The number of amidine groups is 1. The minimum Gasteiger partial charge on any atom is -0.409 e. The van der Waals surface area contributed by atoms with Gasteiger partial charge in [0.1, 0.15) is 0 Å². The van der Waals surface area contributed by atoms with Crippen LogP contribution in [0.15, 0.2) is 34.3 Å². The van der Waals surface area contributed by atoms with Gasteiger partial charge in [-0.05, 0) is 24.6 Å². The Morgan fingerprint density at radius 3 is 2.57 bits per heavy atom. The third kappa shape index (κ3) is 4.33. The van der Waals surface area contributed by atoms with Crippen LogP contribution in [0.2, 0.25) is 0 Å². The number of halogens is 3. The van der Waals surface area contributed by atoms with Gasteiger partial charge in [0.15, 0.2) is 5.84 Å². The number of hydrogen-bond donors (Lipinski definition) is 3. The van der Waals surface area contributed by atoms with E-state index in [0.29, 0.717) is 6.07 Å². The molecule has 0 aliphatic heterocycles. The van der Waals surface area contributed by atoms with Crippen molar-refractivity contribution >= 4 is 15.9 Å². The van der Waals surface area contributed by atoms with Crippen molar-refractivity contribution in [3.05, 3.63) is 29.8 Å². The van der Waals surface area contributed by atoms with Crippen LogP contribution in [-0.2, 0) is 16.2 Å². The fourth-order valence-electron chi connectivity index (χ4n) is 1.52. The summed E-state index contributed by atoms with van der Waals surface area (Å²) in [6, 6.07) is 2.27. The average molecular weight is 325 g/mol. The molecule has 0 heterocycles. The van der Waals surface area contributed by atoms with E-state index in [0.717, 1.165) is 18.2 Å². The molecule has 21 heavy (non-hydrogen) atoms. The molecule has 1 unspecified atom stereocenters. The zero-order chi connectivity index (χ0) is 16.3. The minimum absolute atomic E-state index is 0.161. The Morgan fingerprint density at radius 2 is 2.10 bits per heavy atom. The Morgan fingerprint density at radius 1 is 1.48 bits per heavy atom. The smallest absolute Gasteiger partial charge is 0.409 e. The standard InChI is InChI=1S/C11H14F3N3O3S/c1-2-9(10(15)16-18)17-21(19,20)8-5-3-4-7(6-8)11(12,13)14/h3-6,9,17-18H,2H2,1H3,(H2,15,16). The number of nitrogens with two attached hydrogens (primary N) is 1. The van der Waals surface area contributed by atoms with Crippen molar-refractivity contribution in [1.82, 2.24) is 4.72 Å². The number of hydrogen-bond acceptors (Lipinski definition) is 4. The van der Waals surface area contributed by atoms with E-state index in [2.05, 4.69) is 9.88 Å². The van der Waals surface area contributed by atoms with E-state index in [1.54, 1.807) is 6.92 Å². The molecule has 118 valence electrons. The van der Waals surface area contributed by atoms with Crippen LogP contribution in [0.3, 0.4) is 0 Å². The van der Waals surface area contributed by atoms with Gasteiger partial charge in [-0.1, -0.05) is 18.1 Å². The highest BCUT2D eigenvalue weighted by Gasteiger charge is 2.32. The van der Waals surface area contributed by atoms with E-state index < -0.39 is 32.7 Å². The maximum absolute atomic E-state index is 12.6. The van der Waals surface area contributed by atoms with Crippen LogP contribution in [-0.4, -0.2) is 25.5 Å². The maximum atomic E-state index is 12.6. The first-order valence-corrected chi connectivity index (χ1v) is 7.27. The quantitative estimate of drug-likeness (QED) is 0.330. The number of alkyl halides is 3. The lowest BCUT2D eigenvalue weighted by molar-refractivity contribution is -0.137. The number of benzene rings is 1. The van der Waals surface area contributed by atoms with Crippen molar-refractivity contribution in [2.45, 2.75) is 30.5 Å². The lowest BCUT2D eigenvalue weighted by atomic mass is 10.2. The van der Waals surface area contributed by atoms with Gasteiger partial charge >= 0.3 is 6.18 Å². The highest BCUT2D eigenvalue weighted by atomic mass is 32.2. The molecule has 0 fully saturated rings. The van der Waals surface area contributed by atoms with Crippen LogP contribution >= 0.6 is 0 Å². The molecular weight excluding hydrogens is 311 g/mol. The van der Waals surface area contributed by atoms with Crippen LogP contribution in [0.1, 0.15) is 18.9 Å². The zero-order valence-electron chi connectivity index (χ0n) is 10.9. The topological polar surface area (TPSA) is 105 Å². The van der Waals surface area contributed by atoms with Gasteiger partial charge in [-0.25, -0.2) is 13.1 Å². The van der Waals surface area contributed by atoms with E-state index in [1.807, 2.05) is 0 Å². The molecule has 0 radical (unpaired) electrons. The molecule has 10 heteroatoms. The van der Waals surface area contributed by atoms with Crippen molar-refractivity contribution in [1.29, 1.82) is 0 Å². The van der Waals surface area contributed by atoms with Crippen molar-refractivity contribution < 1.29 is 26.8 Å². The predicted molar refractivity (Wildman–Crippen MR) is 69.3 cm³/mol. The average Bonchev–Trinajstić information content (AvgIpc) is 2.43. The molecule has 1 aromatic rings. The van der Waals surface area contributed by atoms with Gasteiger partial charge < -0.3 is 10.9 Å². The summed E-state index contributed by atoms with van der Waals surface area (Å²) in [6.07, 6.45) is -4.49. The molecule has 0 aromatic heterocycles. The van der Waals surface area contributed by atoms with Gasteiger partial charge in [-0.2, -0.15) is 13.2 Å². The summed E-state index contributed by atoms with van der Waals surface area (Å²) >= 11 is 0. The summed E-state index contributed by atoms with van der Waals surface area (Å²) in [5.74, 6) is -0.381. The first kappa shape index (κ1) is 17.2. The van der Waals surface area contributed by atoms with Crippen molar-refractivity contribution in [3.8, 4) is 0 Å². The molecule has 0 aliphatic carbocycles. The lowest BCUT2D eigenvalue weighted by Crippen LogP contribution is -2.44. The van der Waals surface area contributed by atoms with E-state index in [-0.39, 0.29) is 12.3 Å². The molecule has 0 spiro atoms. The van der Waals surface area contributed by atoms with Crippen LogP contribution in [0, 0.1) is 0 Å². The third-order valence-corrected chi connectivity index (χ3v) is 4.12. The van der Waals surface area contributed by atoms with Crippen LogP contribution in [0.5, 0.6) is 0 Å². The normalized spacial score (nSPS) is 15.0. The van der Waals surface area contributed by atoms with Gasteiger partial charge in [0, 0.05) is 0 Å². The van der Waals surface area contributed by atoms with Crippen molar-refractivity contribution in [2.75, 3.05) is 0 Å². The molecule has 4 N–H and O–H groups in total. The van der Waals surface area contributed by atoms with Crippen LogP contribution < -0.4 is 10.5 Å². The Kier molecular flexibility index (Phi) is 5.18. The first-order valence-electron chi connectivity index (χ1n) is 5.78. The van der Waals surface area contributed by atoms with Crippen molar-refractivity contribution in [2.24, 2.45) is 10.9 Å². The van der Waals surface area contributed by atoms with Crippen LogP contribution in [0.4, 0.5) is 13.2 Å². The molecule has 0 saturated carbocycles. The molecule has 1 atom stereocenters. The zero-order valence-corrected chi connectivity index (χ0v) is 11.7. The molecule has 1 aromatic carbocycles. The highest BCUT2D eigenvalue weighted by molar-refractivity contribution is 7.89. The highest BCUT2D eigenvalue weighted by Crippen LogP contribution is 2.30. The number of nitrogens with zero attached hydrogens (tertiary/aromatic N) is 1. The van der Waals surface area contributed by atoms with Crippen molar-refractivity contribution in [3.63, 3.8) is 0 Å². The van der Waals surface area contributed by atoms with Gasteiger partial charge in [-0.15, -0.1) is 0 Å². The summed E-state index contributed by atoms with van der Waals surface area (Å²) in [5.41, 5.74) is 4.22. The van der Waals surface area contributed by atoms with E-state index in [1.165, 1.54) is 0 Å². The monoisotopic (exact) mass is 325 g/mol. The SMILES string of the molecule is CCC(NS(=O)(=O)c1cccc(C(F)(F)F)c1)/C(N)=N/O. The third-order valence-electron chi connectivity index (χ3n) is 2.65. The van der Waals surface area contributed by atoms with E-state index in [9.17, 15) is 21.6 Å². The molecule has 0 aliphatic rings. The summed E-state index contributed by atoms with van der Waals surface area (Å²) in [6.45, 7) is 1.57. The van der Waals surface area contributed by atoms with Crippen LogP contribution in [0.25, 0.3) is 0 Å². The summed E-state index contributed by atoms with van der Waals surface area (Å²) in [7, 11) is -4.23. The second-order valence-corrected chi connectivity index (χ2v) is 5.85. The van der Waals surface area contributed by atoms with Gasteiger partial charge in [0.05, 0.1) is 16.5 Å². The largest absolute Gasteiger partial charge is 0.416 e. The lowest BCUT2D eigenvalue weighted by Gasteiger charge is -2.16. The Labute approximate surface area is 119 Å². The molecule has 0 bridgehead atoms. The first-order chi connectivity index (χ1) is 9.61. The molecule has 0 saturated heterocycles. The summed E-state index contributed by atoms with van der Waals surface area (Å²) < 4.78 is 63.9. The van der Waals surface area contributed by atoms with E-state index in [4.69, 9.17) is 10.9 Å². The summed E-state index contributed by atoms with van der Waals surface area (Å²) in [5, 5.41) is 11.2. The second kappa shape index (κ2) is 6.31. The molecule has 6 nitrogen and oxygen atoms in total. The summed E-state index contributed by atoms with van der Waals surface area (Å²) in [4.78, 5) is -0.554. The Bertz CT molecular complexity index is 629. The minimum atomic E-state index is -4.65. The number of rotatable bonds is 5. The number of oxime groups is 1. The number of sulfonamides is 1. The van der Waals surface area contributed by atoms with Gasteiger partial charge in [-0.3, -0.25) is 0 Å². The Hall–Kier alpha value is -1.81. The fraction of sp³-hybridized carbons (Fsp3) is 0.364. The predicted octanol–water partition coefficient (Wildman–Crippen LogP) is 1.51. The molecule has 1 rings (SSSR count). The molecule has 0 amide bonds. The maximum Gasteiger partial charge on any atom is 0.416 e. The van der Waals surface area contributed by atoms with Gasteiger partial charge in [0.25, 0.3) is 0 Å². The Balaban J connectivity index is 3.14. The number of nitrogens with one attached hydrogen (secondary N) is 1.